The minimum absolute atomic E-state index is 0.728. The molecular weight excluding hydrogens is 326 g/mol. The molecule has 0 bridgehead atoms. The Labute approximate surface area is 157 Å². The Bertz CT molecular complexity index is 640. The summed E-state index contributed by atoms with van der Waals surface area (Å²) in [6, 6.07) is 14.2. The number of ether oxygens (including phenoxy) is 3. The first kappa shape index (κ1) is 20.1. The van der Waals surface area contributed by atoms with Gasteiger partial charge in [0.25, 0.3) is 0 Å². The van der Waals surface area contributed by atoms with Gasteiger partial charge in [0.1, 0.15) is 5.75 Å². The fraction of sp³-hybridized carbons (Fsp3) is 0.455. The van der Waals surface area contributed by atoms with E-state index in [9.17, 15) is 0 Å². The predicted molar refractivity (Wildman–Crippen MR) is 106 cm³/mol. The maximum Gasteiger partial charge on any atom is 0.165 e. The summed E-state index contributed by atoms with van der Waals surface area (Å²) in [5.41, 5.74) is 2.34. The average Bonchev–Trinajstić information content (AvgIpc) is 2.69. The predicted octanol–water partition coefficient (Wildman–Crippen LogP) is 4.95. The molecule has 1 N–H and O–H groups in total. The molecule has 2 aromatic carbocycles. The fourth-order valence-corrected chi connectivity index (χ4v) is 2.81. The Kier molecular flexibility index (Phi) is 8.84. The van der Waals surface area contributed by atoms with Gasteiger partial charge in [-0.15, -0.1) is 0 Å². The summed E-state index contributed by atoms with van der Waals surface area (Å²) < 4.78 is 16.7. The Hall–Kier alpha value is -2.20. The molecule has 0 unspecified atom stereocenters. The number of benzene rings is 2. The molecule has 2 rings (SSSR count). The van der Waals surface area contributed by atoms with Crippen LogP contribution in [0.4, 0.5) is 0 Å². The monoisotopic (exact) mass is 357 g/mol. The second kappa shape index (κ2) is 11.4. The number of methoxy groups -OCH3 is 2. The highest BCUT2D eigenvalue weighted by Crippen LogP contribution is 2.31. The van der Waals surface area contributed by atoms with Gasteiger partial charge < -0.3 is 19.5 Å². The van der Waals surface area contributed by atoms with Crippen molar-refractivity contribution in [1.82, 2.24) is 5.32 Å². The van der Waals surface area contributed by atoms with Crippen LogP contribution in [0.25, 0.3) is 0 Å². The third-order valence-corrected chi connectivity index (χ3v) is 4.33. The summed E-state index contributed by atoms with van der Waals surface area (Å²) >= 11 is 0. The zero-order valence-corrected chi connectivity index (χ0v) is 16.2. The zero-order valence-electron chi connectivity index (χ0n) is 16.2. The van der Waals surface area contributed by atoms with Crippen LogP contribution in [0.5, 0.6) is 17.2 Å². The van der Waals surface area contributed by atoms with Gasteiger partial charge in [0.05, 0.1) is 20.8 Å². The van der Waals surface area contributed by atoms with Crippen molar-refractivity contribution < 1.29 is 14.2 Å². The van der Waals surface area contributed by atoms with Crippen LogP contribution in [0.3, 0.4) is 0 Å². The van der Waals surface area contributed by atoms with E-state index in [1.807, 2.05) is 24.3 Å². The van der Waals surface area contributed by atoms with Crippen LogP contribution in [0, 0.1) is 0 Å². The third kappa shape index (κ3) is 6.26. The van der Waals surface area contributed by atoms with Gasteiger partial charge in [0.15, 0.2) is 11.5 Å². The maximum absolute atomic E-state index is 6.06. The Morgan fingerprint density at radius 3 is 2.35 bits per heavy atom. The lowest BCUT2D eigenvalue weighted by Crippen LogP contribution is -2.14. The van der Waals surface area contributed by atoms with E-state index in [2.05, 4.69) is 30.4 Å². The number of para-hydroxylation sites is 1. The van der Waals surface area contributed by atoms with Gasteiger partial charge in [0, 0.05) is 18.7 Å². The van der Waals surface area contributed by atoms with Gasteiger partial charge in [-0.3, -0.25) is 0 Å². The molecule has 0 aliphatic rings. The molecule has 0 aliphatic carbocycles. The summed E-state index contributed by atoms with van der Waals surface area (Å²) in [5.74, 6) is 2.53. The van der Waals surface area contributed by atoms with E-state index in [4.69, 9.17) is 14.2 Å². The molecule has 26 heavy (non-hydrogen) atoms. The molecule has 0 saturated heterocycles. The topological polar surface area (TPSA) is 39.7 Å². The first-order chi connectivity index (χ1) is 12.8. The highest BCUT2D eigenvalue weighted by molar-refractivity contribution is 5.46. The lowest BCUT2D eigenvalue weighted by atomic mass is 10.1. The lowest BCUT2D eigenvalue weighted by molar-refractivity contribution is 0.281. The second-order valence-corrected chi connectivity index (χ2v) is 6.31. The van der Waals surface area contributed by atoms with E-state index in [-0.39, 0.29) is 0 Å². The largest absolute Gasteiger partial charge is 0.497 e. The summed E-state index contributed by atoms with van der Waals surface area (Å²) in [6.07, 6.45) is 4.77. The van der Waals surface area contributed by atoms with Crippen molar-refractivity contribution in [2.45, 2.75) is 45.7 Å². The van der Waals surface area contributed by atoms with E-state index in [1.165, 1.54) is 24.8 Å². The molecule has 0 radical (unpaired) electrons. The second-order valence-electron chi connectivity index (χ2n) is 6.31. The molecule has 0 atom stereocenters. The van der Waals surface area contributed by atoms with Gasteiger partial charge in [-0.25, -0.2) is 0 Å². The smallest absolute Gasteiger partial charge is 0.165 e. The van der Waals surface area contributed by atoms with Gasteiger partial charge in [-0.1, -0.05) is 50.5 Å². The molecular formula is C22H31NO3. The van der Waals surface area contributed by atoms with E-state index >= 15 is 0 Å². The Balaban J connectivity index is 1.91. The third-order valence-electron chi connectivity index (χ3n) is 4.33. The van der Waals surface area contributed by atoms with Crippen LogP contribution in [0.1, 0.15) is 43.7 Å². The minimum atomic E-state index is 0.728. The molecule has 4 heteroatoms. The average molecular weight is 357 g/mol. The van der Waals surface area contributed by atoms with Gasteiger partial charge in [-0.05, 0) is 30.2 Å². The maximum atomic E-state index is 6.06. The van der Waals surface area contributed by atoms with E-state index in [1.54, 1.807) is 14.2 Å². The van der Waals surface area contributed by atoms with E-state index in [0.717, 1.165) is 48.9 Å². The van der Waals surface area contributed by atoms with Crippen molar-refractivity contribution in [3.05, 3.63) is 53.6 Å². The molecule has 0 saturated carbocycles. The SMILES string of the molecule is CCCCCCOc1c(CNCc2ccc(OC)cc2)cccc1OC. The van der Waals surface area contributed by atoms with Crippen molar-refractivity contribution >= 4 is 0 Å². The standard InChI is InChI=1S/C22H31NO3/c1-4-5-6-7-15-26-22-19(9-8-10-21(22)25-3)17-23-16-18-11-13-20(24-2)14-12-18/h8-14,23H,4-7,15-17H2,1-3H3. The Morgan fingerprint density at radius 1 is 0.846 bits per heavy atom. The molecule has 2 aromatic rings. The molecule has 0 aliphatic heterocycles. The molecule has 0 spiro atoms. The number of hydrogen-bond donors (Lipinski definition) is 1. The van der Waals surface area contributed by atoms with Gasteiger partial charge in [-0.2, -0.15) is 0 Å². The first-order valence-electron chi connectivity index (χ1n) is 9.40. The van der Waals surface area contributed by atoms with Crippen LogP contribution in [-0.2, 0) is 13.1 Å². The first-order valence-corrected chi connectivity index (χ1v) is 9.40. The van der Waals surface area contributed by atoms with Crippen molar-refractivity contribution in [1.29, 1.82) is 0 Å². The summed E-state index contributed by atoms with van der Waals surface area (Å²) in [7, 11) is 3.37. The molecule has 0 amide bonds. The van der Waals surface area contributed by atoms with E-state index in [0.29, 0.717) is 0 Å². The molecule has 0 aromatic heterocycles. The zero-order chi connectivity index (χ0) is 18.6. The molecule has 4 nitrogen and oxygen atoms in total. The number of unbranched alkanes of at least 4 members (excludes halogenated alkanes) is 3. The molecule has 0 heterocycles. The highest BCUT2D eigenvalue weighted by Gasteiger charge is 2.10. The minimum Gasteiger partial charge on any atom is -0.497 e. The van der Waals surface area contributed by atoms with Crippen molar-refractivity contribution in [3.8, 4) is 17.2 Å². The van der Waals surface area contributed by atoms with Crippen LogP contribution in [0.15, 0.2) is 42.5 Å². The lowest BCUT2D eigenvalue weighted by Gasteiger charge is -2.15. The van der Waals surface area contributed by atoms with Gasteiger partial charge >= 0.3 is 0 Å². The molecule has 0 fully saturated rings. The quantitative estimate of drug-likeness (QED) is 0.546. The van der Waals surface area contributed by atoms with Gasteiger partial charge in [0.2, 0.25) is 0 Å². The summed E-state index contributed by atoms with van der Waals surface area (Å²) in [6.45, 7) is 4.46. The van der Waals surface area contributed by atoms with E-state index < -0.39 is 0 Å². The molecule has 142 valence electrons. The van der Waals surface area contributed by atoms with Crippen molar-refractivity contribution in [3.63, 3.8) is 0 Å². The number of nitrogens with one attached hydrogen (secondary N) is 1. The Morgan fingerprint density at radius 2 is 1.65 bits per heavy atom. The highest BCUT2D eigenvalue weighted by atomic mass is 16.5. The number of hydrogen-bond acceptors (Lipinski definition) is 4. The van der Waals surface area contributed by atoms with Crippen LogP contribution < -0.4 is 19.5 Å². The van der Waals surface area contributed by atoms with Crippen molar-refractivity contribution in [2.24, 2.45) is 0 Å². The van der Waals surface area contributed by atoms with Crippen LogP contribution >= 0.6 is 0 Å². The number of rotatable bonds is 12. The fourth-order valence-electron chi connectivity index (χ4n) is 2.81. The van der Waals surface area contributed by atoms with Crippen LogP contribution in [-0.4, -0.2) is 20.8 Å². The van der Waals surface area contributed by atoms with Crippen molar-refractivity contribution in [2.75, 3.05) is 20.8 Å². The van der Waals surface area contributed by atoms with Crippen LogP contribution in [0.2, 0.25) is 0 Å². The summed E-state index contributed by atoms with van der Waals surface area (Å²) in [4.78, 5) is 0. The summed E-state index contributed by atoms with van der Waals surface area (Å²) in [5, 5.41) is 3.48. The normalized spacial score (nSPS) is 10.6.